The third-order valence-electron chi connectivity index (χ3n) is 16.2. The normalized spacial score (nSPS) is 13.2. The first-order valence-electron chi connectivity index (χ1n) is 26.7. The Bertz CT molecular complexity index is 3900. The van der Waals surface area contributed by atoms with E-state index < -0.39 is 18.4 Å². The molecule has 12 aromatic carbocycles. The SMILES string of the molecule is Cc1cccc(-c2ccc3ccc(-c4ccc(N(c5ccc(-c6ccc7ccc(-c8cc[c]([Sn]9([CH3])[CH2]CC[CH2]9)cc8)cc7c6)cc5)c5ccc(-c6ccc7ccc(-c8cccc(C)c8)cc7c6)cc5)cc4)cc3c2)c1. The van der Waals surface area contributed by atoms with Crippen LogP contribution in [0.25, 0.3) is 99.1 Å². The number of nitrogens with zero attached hydrogens (tertiary/aromatic N) is 1. The molecule has 1 nitrogen and oxygen atoms in total. The molecule has 12 aromatic rings. The summed E-state index contributed by atoms with van der Waals surface area (Å²) in [6.45, 7) is 4.31. The van der Waals surface area contributed by atoms with Crippen LogP contribution in [0, 0.1) is 13.8 Å². The van der Waals surface area contributed by atoms with E-state index >= 15 is 0 Å². The molecule has 2 heteroatoms. The van der Waals surface area contributed by atoms with Crippen LogP contribution in [0.1, 0.15) is 24.0 Å². The predicted octanol–water partition coefficient (Wildman–Crippen LogP) is 20.3. The summed E-state index contributed by atoms with van der Waals surface area (Å²) in [6.07, 6.45) is 2.86. The monoisotopic (exact) mass is 1070 g/mol. The van der Waals surface area contributed by atoms with Crippen molar-refractivity contribution in [2.24, 2.45) is 0 Å². The van der Waals surface area contributed by atoms with E-state index in [9.17, 15) is 0 Å². The third-order valence-corrected chi connectivity index (χ3v) is 29.5. The quantitative estimate of drug-likeness (QED) is 0.123. The number of aryl methyl sites for hydroxylation is 2. The first-order chi connectivity index (χ1) is 36.7. The maximum atomic E-state index is 2.65. The summed E-state index contributed by atoms with van der Waals surface area (Å²) in [5.74, 6) is 0. The molecule has 1 saturated heterocycles. The van der Waals surface area contributed by atoms with Gasteiger partial charge in [0.1, 0.15) is 0 Å². The summed E-state index contributed by atoms with van der Waals surface area (Å²) in [7, 11) is 0. The van der Waals surface area contributed by atoms with Crippen molar-refractivity contribution in [3.63, 3.8) is 0 Å². The molecule has 360 valence electrons. The fourth-order valence-corrected chi connectivity index (χ4v) is 22.8. The van der Waals surface area contributed by atoms with Crippen molar-refractivity contribution in [1.29, 1.82) is 0 Å². The molecule has 0 saturated carbocycles. The average molecular weight is 1070 g/mol. The molecular formula is C73H59NSn. The van der Waals surface area contributed by atoms with Gasteiger partial charge in [0.15, 0.2) is 0 Å². The van der Waals surface area contributed by atoms with Crippen LogP contribution in [-0.2, 0) is 0 Å². The van der Waals surface area contributed by atoms with E-state index in [1.54, 1.807) is 3.58 Å². The molecule has 75 heavy (non-hydrogen) atoms. The van der Waals surface area contributed by atoms with Gasteiger partial charge in [-0.15, -0.1) is 0 Å². The van der Waals surface area contributed by atoms with Gasteiger partial charge in [0.25, 0.3) is 0 Å². The minimum atomic E-state index is -2.12. The minimum Gasteiger partial charge on any atom is -0.0614 e. The van der Waals surface area contributed by atoms with Crippen molar-refractivity contribution >= 4 is 71.3 Å². The number of benzene rings is 12. The van der Waals surface area contributed by atoms with Gasteiger partial charge in [-0.05, 0) is 128 Å². The fourth-order valence-electron chi connectivity index (χ4n) is 11.8. The molecular weight excluding hydrogens is 1010 g/mol. The molecule has 0 unspecified atom stereocenters. The number of fused-ring (bicyclic) bond motifs is 3. The molecule has 1 heterocycles. The summed E-state index contributed by atoms with van der Waals surface area (Å²) in [6, 6.07) is 95.6. The smallest absolute Gasteiger partial charge is 0.0614 e. The summed E-state index contributed by atoms with van der Waals surface area (Å²) in [4.78, 5) is 5.03. The van der Waals surface area contributed by atoms with Gasteiger partial charge in [0.05, 0.1) is 0 Å². The summed E-state index contributed by atoms with van der Waals surface area (Å²) >= 11 is -2.12. The Morgan fingerprint density at radius 3 is 0.840 bits per heavy atom. The second kappa shape index (κ2) is 19.7. The molecule has 0 N–H and O–H groups in total. The van der Waals surface area contributed by atoms with E-state index in [1.165, 1.54) is 132 Å². The van der Waals surface area contributed by atoms with E-state index in [4.69, 9.17) is 0 Å². The molecule has 0 radical (unpaired) electrons. The molecule has 1 aliphatic heterocycles. The van der Waals surface area contributed by atoms with Gasteiger partial charge in [0, 0.05) is 17.1 Å². The molecule has 0 spiro atoms. The molecule has 0 aromatic heterocycles. The summed E-state index contributed by atoms with van der Waals surface area (Å²) in [5.41, 5.74) is 20.6. The van der Waals surface area contributed by atoms with E-state index in [1.807, 2.05) is 0 Å². The first-order valence-corrected chi connectivity index (χ1v) is 35.1. The Balaban J connectivity index is 0.825. The number of rotatable bonds is 10. The van der Waals surface area contributed by atoms with Crippen molar-refractivity contribution in [2.75, 3.05) is 4.90 Å². The van der Waals surface area contributed by atoms with Crippen LogP contribution in [0.4, 0.5) is 17.1 Å². The number of hydrogen-bond acceptors (Lipinski definition) is 1. The zero-order valence-corrected chi connectivity index (χ0v) is 45.9. The Labute approximate surface area is 446 Å². The van der Waals surface area contributed by atoms with Crippen LogP contribution in [0.3, 0.4) is 0 Å². The molecule has 0 amide bonds. The van der Waals surface area contributed by atoms with Gasteiger partial charge >= 0.3 is 167 Å². The van der Waals surface area contributed by atoms with Gasteiger partial charge in [0.2, 0.25) is 0 Å². The van der Waals surface area contributed by atoms with Crippen LogP contribution in [0.2, 0.25) is 13.8 Å². The van der Waals surface area contributed by atoms with Crippen LogP contribution in [0.15, 0.2) is 255 Å². The van der Waals surface area contributed by atoms with Gasteiger partial charge in [-0.25, -0.2) is 0 Å². The first kappa shape index (κ1) is 46.8. The molecule has 0 aliphatic carbocycles. The number of hydrogen-bond donors (Lipinski definition) is 0. The van der Waals surface area contributed by atoms with Gasteiger partial charge in [-0.2, -0.15) is 0 Å². The van der Waals surface area contributed by atoms with Gasteiger partial charge in [-0.1, -0.05) is 132 Å². The Morgan fingerprint density at radius 1 is 0.267 bits per heavy atom. The van der Waals surface area contributed by atoms with Crippen molar-refractivity contribution in [3.8, 4) is 66.8 Å². The zero-order valence-electron chi connectivity index (χ0n) is 43.0. The zero-order chi connectivity index (χ0) is 50.5. The van der Waals surface area contributed by atoms with Crippen molar-refractivity contribution in [1.82, 2.24) is 0 Å². The topological polar surface area (TPSA) is 3.24 Å². The number of anilines is 3. The molecule has 0 bridgehead atoms. The maximum absolute atomic E-state index is 2.65. The third kappa shape index (κ3) is 9.47. The van der Waals surface area contributed by atoms with E-state index in [2.05, 4.69) is 278 Å². The van der Waals surface area contributed by atoms with Crippen molar-refractivity contribution < 1.29 is 0 Å². The summed E-state index contributed by atoms with van der Waals surface area (Å²) < 4.78 is 4.69. The molecule has 13 rings (SSSR count). The summed E-state index contributed by atoms with van der Waals surface area (Å²) in [5, 5.41) is 7.48. The predicted molar refractivity (Wildman–Crippen MR) is 326 cm³/mol. The van der Waals surface area contributed by atoms with E-state index in [0.717, 1.165) is 17.1 Å². The van der Waals surface area contributed by atoms with Crippen molar-refractivity contribution in [2.45, 2.75) is 40.5 Å². The van der Waals surface area contributed by atoms with Crippen LogP contribution >= 0.6 is 0 Å². The van der Waals surface area contributed by atoms with Gasteiger partial charge in [-0.3, -0.25) is 0 Å². The van der Waals surface area contributed by atoms with Crippen LogP contribution < -0.4 is 8.48 Å². The van der Waals surface area contributed by atoms with Gasteiger partial charge < -0.3 is 4.90 Å². The molecule has 0 atom stereocenters. The molecule has 1 fully saturated rings. The Hall–Kier alpha value is -7.98. The standard InChI is InChI=1S/C68H48N.C4H8.CH3.Sn/c1-46-8-6-12-55(38-46)61-24-18-53-16-22-59(42-64(53)44-61)50-28-34-67(35-29-50)69(66-32-26-49(27-33-66)58-21-15-52-14-20-57(40-63(52)41-58)48-10-4-3-5-11-48)68-36-30-51(31-37-68)60-23-17-54-19-25-62(45-65(54)43-60)56-13-7-9-47(2)39-56;1-3-4-2;;/h4-45H,1-2H3;1-4H2;1H3;. The van der Waals surface area contributed by atoms with E-state index in [-0.39, 0.29) is 0 Å². The minimum absolute atomic E-state index is 1.10. The van der Waals surface area contributed by atoms with E-state index in [0.29, 0.717) is 0 Å². The van der Waals surface area contributed by atoms with Crippen LogP contribution in [0.5, 0.6) is 0 Å². The fraction of sp³-hybridized carbons (Fsp3) is 0.0959. The Morgan fingerprint density at radius 2 is 0.533 bits per heavy atom. The van der Waals surface area contributed by atoms with Crippen LogP contribution in [-0.4, -0.2) is 18.4 Å². The second-order valence-electron chi connectivity index (χ2n) is 21.4. The Kier molecular flexibility index (Phi) is 12.3. The average Bonchev–Trinajstić information content (AvgIpc) is 3.92. The second-order valence-corrected chi connectivity index (χ2v) is 34.8. The van der Waals surface area contributed by atoms with Crippen molar-refractivity contribution in [3.05, 3.63) is 266 Å². The molecule has 1 aliphatic rings.